The second kappa shape index (κ2) is 7.61. The van der Waals surface area contributed by atoms with Gasteiger partial charge in [0.05, 0.1) is 11.9 Å². The largest absolute Gasteiger partial charge is 0.329 e. The Hall–Kier alpha value is -2.91. The molecule has 2 heterocycles. The number of imidazole rings is 1. The van der Waals surface area contributed by atoms with Gasteiger partial charge in [0, 0.05) is 23.5 Å². The molecule has 2 aromatic heterocycles. The lowest BCUT2D eigenvalue weighted by atomic mass is 9.97. The first-order chi connectivity index (χ1) is 13.5. The molecule has 0 unspecified atom stereocenters. The van der Waals surface area contributed by atoms with Gasteiger partial charge in [-0.25, -0.2) is 31.9 Å². The van der Waals surface area contributed by atoms with Gasteiger partial charge in [-0.15, -0.1) is 0 Å². The lowest BCUT2D eigenvalue weighted by molar-refractivity contribution is 0.573. The summed E-state index contributed by atoms with van der Waals surface area (Å²) in [4.78, 5) is 11.4. The summed E-state index contributed by atoms with van der Waals surface area (Å²) in [6.45, 7) is 0.201. The summed E-state index contributed by atoms with van der Waals surface area (Å²) < 4.78 is 52.8. The van der Waals surface area contributed by atoms with E-state index < -0.39 is 22.5 Å². The van der Waals surface area contributed by atoms with Crippen LogP contribution in [0.1, 0.15) is 12.0 Å². The van der Waals surface area contributed by atoms with E-state index in [4.69, 9.17) is 0 Å². The van der Waals surface area contributed by atoms with Crippen LogP contribution >= 0.6 is 0 Å². The van der Waals surface area contributed by atoms with Crippen LogP contribution in [0, 0.1) is 11.6 Å². The Morgan fingerprint density at radius 2 is 1.96 bits per heavy atom. The molecular weight excluding hydrogens is 386 g/mol. The van der Waals surface area contributed by atoms with Crippen molar-refractivity contribution < 1.29 is 17.2 Å². The molecule has 0 bridgehead atoms. The van der Waals surface area contributed by atoms with E-state index in [1.54, 1.807) is 30.7 Å². The Kier molecular flexibility index (Phi) is 5.01. The number of aromatic nitrogens is 3. The Labute approximate surface area is 160 Å². The van der Waals surface area contributed by atoms with Crippen LogP contribution in [-0.2, 0) is 17.3 Å². The molecule has 4 rings (SSSR count). The van der Waals surface area contributed by atoms with Crippen molar-refractivity contribution in [2.45, 2.75) is 12.8 Å². The SMILES string of the molecule is O=[SH](=O)NCCCc1ccc(F)c(-c2ccc3c(cnc4[nH]cnc43)c2)c1F. The molecule has 0 amide bonds. The fourth-order valence-electron chi connectivity index (χ4n) is 3.26. The summed E-state index contributed by atoms with van der Waals surface area (Å²) >= 11 is 0. The number of hydrogen-bond donors (Lipinski definition) is 3. The van der Waals surface area contributed by atoms with Crippen molar-refractivity contribution >= 4 is 32.8 Å². The van der Waals surface area contributed by atoms with Gasteiger partial charge in [-0.1, -0.05) is 18.2 Å². The first-order valence-corrected chi connectivity index (χ1v) is 9.79. The minimum atomic E-state index is -2.68. The van der Waals surface area contributed by atoms with Gasteiger partial charge < -0.3 is 4.98 Å². The van der Waals surface area contributed by atoms with E-state index in [-0.39, 0.29) is 18.5 Å². The van der Waals surface area contributed by atoms with Crippen LogP contribution in [0.2, 0.25) is 0 Å². The molecule has 0 atom stereocenters. The molecule has 0 fully saturated rings. The molecule has 6 nitrogen and oxygen atoms in total. The molecular formula is C19H16F2N4O2S. The predicted molar refractivity (Wildman–Crippen MR) is 103 cm³/mol. The van der Waals surface area contributed by atoms with Crippen LogP contribution in [0.3, 0.4) is 0 Å². The third kappa shape index (κ3) is 3.46. The van der Waals surface area contributed by atoms with E-state index in [9.17, 15) is 17.2 Å². The highest BCUT2D eigenvalue weighted by atomic mass is 32.2. The number of thiol groups is 1. The van der Waals surface area contributed by atoms with E-state index in [1.807, 2.05) is 0 Å². The summed E-state index contributed by atoms with van der Waals surface area (Å²) in [5, 5.41) is 1.56. The third-order valence-electron chi connectivity index (χ3n) is 4.58. The molecule has 9 heteroatoms. The summed E-state index contributed by atoms with van der Waals surface area (Å²) in [7, 11) is -2.68. The van der Waals surface area contributed by atoms with Crippen molar-refractivity contribution in [2.75, 3.05) is 6.54 Å². The number of nitrogens with one attached hydrogen (secondary N) is 2. The summed E-state index contributed by atoms with van der Waals surface area (Å²) in [5.74, 6) is -1.30. The second-order valence-electron chi connectivity index (χ2n) is 6.32. The maximum Gasteiger partial charge on any atom is 0.201 e. The number of H-pyrrole nitrogens is 1. The lowest BCUT2D eigenvalue weighted by Gasteiger charge is -2.11. The number of aryl methyl sites for hydroxylation is 1. The molecule has 28 heavy (non-hydrogen) atoms. The molecule has 144 valence electrons. The maximum absolute atomic E-state index is 15.0. The molecule has 2 N–H and O–H groups in total. The third-order valence-corrected chi connectivity index (χ3v) is 5.06. The van der Waals surface area contributed by atoms with Crippen molar-refractivity contribution in [3.63, 3.8) is 0 Å². The Balaban J connectivity index is 1.71. The van der Waals surface area contributed by atoms with Gasteiger partial charge in [0.1, 0.15) is 17.2 Å². The highest BCUT2D eigenvalue weighted by Gasteiger charge is 2.16. The van der Waals surface area contributed by atoms with Crippen molar-refractivity contribution in [1.82, 2.24) is 19.7 Å². The number of aromatic amines is 1. The van der Waals surface area contributed by atoms with Crippen LogP contribution in [0.25, 0.3) is 33.1 Å². The first kappa shape index (κ1) is 18.5. The van der Waals surface area contributed by atoms with Gasteiger partial charge >= 0.3 is 0 Å². The molecule has 0 aliphatic carbocycles. The Bertz CT molecular complexity index is 1250. The van der Waals surface area contributed by atoms with Crippen LogP contribution in [0.5, 0.6) is 0 Å². The van der Waals surface area contributed by atoms with E-state index in [1.165, 1.54) is 12.1 Å². The average molecular weight is 402 g/mol. The predicted octanol–water partition coefficient (Wildman–Crippen LogP) is 3.10. The van der Waals surface area contributed by atoms with Gasteiger partial charge in [0.25, 0.3) is 0 Å². The van der Waals surface area contributed by atoms with E-state index in [0.29, 0.717) is 28.7 Å². The molecule has 0 radical (unpaired) electrons. The molecule has 0 saturated carbocycles. The Morgan fingerprint density at radius 1 is 1.11 bits per heavy atom. The van der Waals surface area contributed by atoms with Crippen molar-refractivity contribution in [2.24, 2.45) is 0 Å². The maximum atomic E-state index is 15.0. The van der Waals surface area contributed by atoms with Crippen molar-refractivity contribution in [1.29, 1.82) is 0 Å². The molecule has 4 aromatic rings. The van der Waals surface area contributed by atoms with E-state index >= 15 is 0 Å². The number of halogens is 2. The average Bonchev–Trinajstić information content (AvgIpc) is 3.15. The number of pyridine rings is 1. The van der Waals surface area contributed by atoms with Gasteiger partial charge in [0.2, 0.25) is 10.9 Å². The van der Waals surface area contributed by atoms with Gasteiger partial charge in [-0.05, 0) is 36.1 Å². The van der Waals surface area contributed by atoms with Gasteiger partial charge in [-0.2, -0.15) is 0 Å². The quantitative estimate of drug-likeness (QED) is 0.342. The summed E-state index contributed by atoms with van der Waals surface area (Å²) in [6, 6.07) is 7.74. The smallest absolute Gasteiger partial charge is 0.201 e. The molecule has 2 aromatic carbocycles. The number of nitrogens with zero attached hydrogens (tertiary/aromatic N) is 2. The van der Waals surface area contributed by atoms with Crippen LogP contribution in [0.15, 0.2) is 42.9 Å². The van der Waals surface area contributed by atoms with E-state index in [0.717, 1.165) is 10.8 Å². The van der Waals surface area contributed by atoms with Crippen LogP contribution in [0.4, 0.5) is 8.78 Å². The van der Waals surface area contributed by atoms with Crippen molar-refractivity contribution in [3.8, 4) is 11.1 Å². The zero-order valence-corrected chi connectivity index (χ0v) is 15.5. The van der Waals surface area contributed by atoms with Gasteiger partial charge in [-0.3, -0.25) is 0 Å². The second-order valence-corrected chi connectivity index (χ2v) is 7.15. The highest BCUT2D eigenvalue weighted by molar-refractivity contribution is 7.70. The summed E-state index contributed by atoms with van der Waals surface area (Å²) in [5.41, 5.74) is 1.97. The molecule has 0 spiro atoms. The minimum absolute atomic E-state index is 0.107. The molecule has 0 saturated heterocycles. The zero-order valence-electron chi connectivity index (χ0n) is 14.6. The number of hydrogen-bond acceptors (Lipinski definition) is 4. The number of rotatable bonds is 6. The van der Waals surface area contributed by atoms with E-state index in [2.05, 4.69) is 19.7 Å². The monoisotopic (exact) mass is 402 g/mol. The summed E-state index contributed by atoms with van der Waals surface area (Å²) in [6.07, 6.45) is 3.88. The topological polar surface area (TPSA) is 87.7 Å². The fourth-order valence-corrected chi connectivity index (χ4v) is 3.60. The van der Waals surface area contributed by atoms with Crippen LogP contribution in [-0.4, -0.2) is 29.9 Å². The van der Waals surface area contributed by atoms with Gasteiger partial charge in [0.15, 0.2) is 5.65 Å². The molecule has 0 aliphatic rings. The first-order valence-electron chi connectivity index (χ1n) is 8.61. The normalized spacial score (nSPS) is 11.7. The fraction of sp³-hybridized carbons (Fsp3) is 0.158. The zero-order chi connectivity index (χ0) is 19.7. The molecule has 0 aliphatic heterocycles. The number of fused-ring (bicyclic) bond motifs is 3. The Morgan fingerprint density at radius 3 is 2.79 bits per heavy atom. The lowest BCUT2D eigenvalue weighted by Crippen LogP contribution is -2.13. The highest BCUT2D eigenvalue weighted by Crippen LogP contribution is 2.32. The van der Waals surface area contributed by atoms with Crippen molar-refractivity contribution in [3.05, 3.63) is 60.1 Å². The number of benzene rings is 2. The van der Waals surface area contributed by atoms with Crippen LogP contribution < -0.4 is 4.72 Å². The standard InChI is InChI=1S/C19H16F2N4O2S/c20-15-6-4-11(2-1-7-25-28(26)27)17(21)16(15)12-3-5-14-13(8-12)9-22-19-18(14)23-10-24-19/h3-6,8-10,28H,1-2,7H2,(H,22,23,24)(H,25,26,27). The minimum Gasteiger partial charge on any atom is -0.329 e.